The summed E-state index contributed by atoms with van der Waals surface area (Å²) in [4.78, 5) is 38.8. The Hall–Kier alpha value is -1.59. The molecule has 146 valence electrons. The number of urea groups is 1. The van der Waals surface area contributed by atoms with Gasteiger partial charge in [-0.25, -0.2) is 4.79 Å². The first-order chi connectivity index (χ1) is 12.4. The highest BCUT2D eigenvalue weighted by atomic mass is 16.2. The molecule has 1 aliphatic heterocycles. The van der Waals surface area contributed by atoms with Gasteiger partial charge in [0, 0.05) is 6.04 Å². The molecule has 2 bridgehead atoms. The molecule has 0 aromatic rings. The number of nitrogens with one attached hydrogen (secondary N) is 2. The summed E-state index contributed by atoms with van der Waals surface area (Å²) in [5.41, 5.74) is -0.822. The average Bonchev–Trinajstić information content (AvgIpc) is 3.27. The molecule has 2 aliphatic carbocycles. The minimum atomic E-state index is -0.822. The van der Waals surface area contributed by atoms with Crippen molar-refractivity contribution in [2.75, 3.05) is 6.54 Å². The van der Waals surface area contributed by atoms with Crippen molar-refractivity contribution < 1.29 is 14.4 Å². The summed E-state index contributed by atoms with van der Waals surface area (Å²) in [6, 6.07) is -0.325. The third kappa shape index (κ3) is 3.47. The van der Waals surface area contributed by atoms with E-state index in [1.54, 1.807) is 0 Å². The Morgan fingerprint density at radius 2 is 1.92 bits per heavy atom. The molecule has 6 nitrogen and oxygen atoms in total. The second-order valence-corrected chi connectivity index (χ2v) is 8.60. The molecule has 1 heterocycles. The maximum atomic E-state index is 12.9. The number of hydrogen-bond acceptors (Lipinski definition) is 3. The molecule has 26 heavy (non-hydrogen) atoms. The number of fused-ring (bicyclic) bond motifs is 2. The number of amides is 4. The molecule has 2 N–H and O–H groups in total. The first-order valence-electron chi connectivity index (χ1n) is 10.3. The van der Waals surface area contributed by atoms with Gasteiger partial charge >= 0.3 is 6.03 Å². The molecule has 3 fully saturated rings. The van der Waals surface area contributed by atoms with Crippen LogP contribution < -0.4 is 10.6 Å². The minimum absolute atomic E-state index is 0.106. The summed E-state index contributed by atoms with van der Waals surface area (Å²) in [6.07, 6.45) is 7.97. The minimum Gasteiger partial charge on any atom is -0.352 e. The molecule has 6 heteroatoms. The van der Waals surface area contributed by atoms with E-state index in [0.717, 1.165) is 29.6 Å². The standard InChI is InChI=1S/C20H33N3O3/c1-4-8-20(9-5-2)18(25)23(19(26)22-20)12-17(24)21-13(3)16-11-14-6-7-15(16)10-14/h13-16H,4-12H2,1-3H3,(H,21,24)(H,22,26). The number of hydrogen-bond donors (Lipinski definition) is 2. The Labute approximate surface area is 156 Å². The van der Waals surface area contributed by atoms with E-state index in [1.165, 1.54) is 25.7 Å². The van der Waals surface area contributed by atoms with Crippen LogP contribution in [0, 0.1) is 17.8 Å². The van der Waals surface area contributed by atoms with E-state index >= 15 is 0 Å². The first kappa shape index (κ1) is 19.2. The van der Waals surface area contributed by atoms with Gasteiger partial charge in [-0.3, -0.25) is 14.5 Å². The van der Waals surface area contributed by atoms with E-state index in [2.05, 4.69) is 17.6 Å². The van der Waals surface area contributed by atoms with Crippen LogP contribution in [0.4, 0.5) is 4.79 Å². The Morgan fingerprint density at radius 3 is 2.46 bits per heavy atom. The summed E-state index contributed by atoms with van der Waals surface area (Å²) in [5, 5.41) is 5.92. The van der Waals surface area contributed by atoms with Crippen molar-refractivity contribution in [2.45, 2.75) is 83.7 Å². The highest BCUT2D eigenvalue weighted by molar-refractivity contribution is 6.09. The van der Waals surface area contributed by atoms with Gasteiger partial charge in [0.15, 0.2) is 0 Å². The van der Waals surface area contributed by atoms with Crippen molar-refractivity contribution in [2.24, 2.45) is 17.8 Å². The van der Waals surface area contributed by atoms with E-state index in [0.29, 0.717) is 18.8 Å². The maximum absolute atomic E-state index is 12.9. The van der Waals surface area contributed by atoms with Crippen LogP contribution in [0.5, 0.6) is 0 Å². The number of rotatable bonds is 8. The van der Waals surface area contributed by atoms with Crippen LogP contribution in [-0.2, 0) is 9.59 Å². The van der Waals surface area contributed by atoms with Crippen molar-refractivity contribution in [3.05, 3.63) is 0 Å². The van der Waals surface area contributed by atoms with Crippen molar-refractivity contribution in [3.8, 4) is 0 Å². The van der Waals surface area contributed by atoms with Gasteiger partial charge < -0.3 is 10.6 Å². The first-order valence-corrected chi connectivity index (χ1v) is 10.3. The molecule has 0 aromatic heterocycles. The van der Waals surface area contributed by atoms with E-state index < -0.39 is 11.6 Å². The zero-order valence-corrected chi connectivity index (χ0v) is 16.3. The van der Waals surface area contributed by atoms with Crippen LogP contribution in [-0.4, -0.2) is 40.9 Å². The summed E-state index contributed by atoms with van der Waals surface area (Å²) >= 11 is 0. The molecule has 2 saturated carbocycles. The fraction of sp³-hybridized carbons (Fsp3) is 0.850. The van der Waals surface area contributed by atoms with Gasteiger partial charge in [0.05, 0.1) is 0 Å². The molecule has 3 rings (SSSR count). The van der Waals surface area contributed by atoms with Gasteiger partial charge in [0.2, 0.25) is 5.91 Å². The molecule has 0 aromatic carbocycles. The third-order valence-electron chi connectivity index (χ3n) is 6.72. The Morgan fingerprint density at radius 1 is 1.23 bits per heavy atom. The predicted molar refractivity (Wildman–Crippen MR) is 99.3 cm³/mol. The molecular weight excluding hydrogens is 330 g/mol. The van der Waals surface area contributed by atoms with E-state index in [-0.39, 0.29) is 24.4 Å². The third-order valence-corrected chi connectivity index (χ3v) is 6.72. The number of carbonyl (C=O) groups is 3. The predicted octanol–water partition coefficient (Wildman–Crippen LogP) is 2.82. The van der Waals surface area contributed by atoms with Crippen LogP contribution in [0.1, 0.15) is 72.1 Å². The maximum Gasteiger partial charge on any atom is 0.325 e. The Kier molecular flexibility index (Phi) is 5.58. The number of carbonyl (C=O) groups excluding carboxylic acids is 3. The van der Waals surface area contributed by atoms with Crippen LogP contribution in [0.15, 0.2) is 0 Å². The molecular formula is C20H33N3O3. The smallest absolute Gasteiger partial charge is 0.325 e. The fourth-order valence-electron chi connectivity index (χ4n) is 5.59. The number of imide groups is 1. The Bertz CT molecular complexity index is 571. The van der Waals surface area contributed by atoms with E-state index in [9.17, 15) is 14.4 Å². The number of nitrogens with zero attached hydrogens (tertiary/aromatic N) is 1. The van der Waals surface area contributed by atoms with Gasteiger partial charge in [-0.05, 0) is 56.8 Å². The van der Waals surface area contributed by atoms with Gasteiger partial charge in [-0.15, -0.1) is 0 Å². The summed E-state index contributed by atoms with van der Waals surface area (Å²) in [7, 11) is 0. The van der Waals surface area contributed by atoms with Crippen LogP contribution in [0.3, 0.4) is 0 Å². The van der Waals surface area contributed by atoms with Crippen molar-refractivity contribution >= 4 is 17.8 Å². The van der Waals surface area contributed by atoms with Gasteiger partial charge in [-0.2, -0.15) is 0 Å². The highest BCUT2D eigenvalue weighted by Crippen LogP contribution is 2.49. The zero-order valence-electron chi connectivity index (χ0n) is 16.3. The summed E-state index contributed by atoms with van der Waals surface area (Å²) < 4.78 is 0. The van der Waals surface area contributed by atoms with Gasteiger partial charge in [-0.1, -0.05) is 33.1 Å². The van der Waals surface area contributed by atoms with E-state index in [1.807, 2.05) is 13.8 Å². The van der Waals surface area contributed by atoms with Gasteiger partial charge in [0.1, 0.15) is 12.1 Å². The largest absolute Gasteiger partial charge is 0.352 e. The fourth-order valence-corrected chi connectivity index (χ4v) is 5.59. The van der Waals surface area contributed by atoms with Crippen molar-refractivity contribution in [3.63, 3.8) is 0 Å². The van der Waals surface area contributed by atoms with E-state index in [4.69, 9.17) is 0 Å². The molecule has 4 amide bonds. The molecule has 4 atom stereocenters. The lowest BCUT2D eigenvalue weighted by Crippen LogP contribution is -2.48. The lowest BCUT2D eigenvalue weighted by Gasteiger charge is -2.29. The molecule has 1 saturated heterocycles. The van der Waals surface area contributed by atoms with Crippen molar-refractivity contribution in [1.29, 1.82) is 0 Å². The monoisotopic (exact) mass is 363 g/mol. The SMILES string of the molecule is CCCC1(CCC)NC(=O)N(CC(=O)NC(C)C2CC3CCC2C3)C1=O. The topological polar surface area (TPSA) is 78.5 Å². The second-order valence-electron chi connectivity index (χ2n) is 8.60. The Balaban J connectivity index is 1.58. The average molecular weight is 364 g/mol. The lowest BCUT2D eigenvalue weighted by molar-refractivity contribution is -0.135. The van der Waals surface area contributed by atoms with Gasteiger partial charge in [0.25, 0.3) is 5.91 Å². The van der Waals surface area contributed by atoms with Crippen molar-refractivity contribution in [1.82, 2.24) is 15.5 Å². The highest BCUT2D eigenvalue weighted by Gasteiger charge is 2.50. The quantitative estimate of drug-likeness (QED) is 0.651. The molecule has 0 spiro atoms. The normalized spacial score (nSPS) is 30.6. The van der Waals surface area contributed by atoms with Crippen LogP contribution in [0.2, 0.25) is 0 Å². The summed E-state index contributed by atoms with van der Waals surface area (Å²) in [6.45, 7) is 5.89. The lowest BCUT2D eigenvalue weighted by atomic mass is 9.84. The molecule has 3 aliphatic rings. The van der Waals surface area contributed by atoms with Crippen LogP contribution in [0.25, 0.3) is 0 Å². The summed E-state index contributed by atoms with van der Waals surface area (Å²) in [5.74, 6) is 1.63. The zero-order chi connectivity index (χ0) is 18.9. The van der Waals surface area contributed by atoms with Crippen LogP contribution >= 0.6 is 0 Å². The second kappa shape index (κ2) is 7.57. The molecule has 4 unspecified atom stereocenters. The molecule has 0 radical (unpaired) electrons.